The third-order valence-electron chi connectivity index (χ3n) is 4.06. The minimum atomic E-state index is -0.841. The van der Waals surface area contributed by atoms with Gasteiger partial charge in [-0.2, -0.15) is 0 Å². The summed E-state index contributed by atoms with van der Waals surface area (Å²) in [7, 11) is 0. The fourth-order valence-corrected chi connectivity index (χ4v) is 2.43. The van der Waals surface area contributed by atoms with Crippen LogP contribution in [0.5, 0.6) is 5.75 Å². The molecule has 1 amide bonds. The Balaban J connectivity index is 1.47. The number of benzene rings is 3. The van der Waals surface area contributed by atoms with Crippen LogP contribution in [0.1, 0.15) is 18.1 Å². The molecule has 0 saturated carbocycles. The summed E-state index contributed by atoms with van der Waals surface area (Å²) in [6.45, 7) is 2.03. The molecule has 0 aromatic heterocycles. The van der Waals surface area contributed by atoms with E-state index in [0.717, 1.165) is 5.56 Å². The zero-order valence-electron chi connectivity index (χ0n) is 15.9. The Kier molecular flexibility index (Phi) is 6.95. The summed E-state index contributed by atoms with van der Waals surface area (Å²) in [5.41, 5.74) is 1.97. The van der Waals surface area contributed by atoms with Crippen molar-refractivity contribution >= 4 is 17.8 Å². The quantitative estimate of drug-likeness (QED) is 0.443. The normalized spacial score (nSPS) is 11.8. The lowest BCUT2D eigenvalue weighted by molar-refractivity contribution is -0.126. The molecule has 0 bridgehead atoms. The molecule has 0 heterocycles. The van der Waals surface area contributed by atoms with Crippen molar-refractivity contribution in [2.75, 3.05) is 5.32 Å². The highest BCUT2D eigenvalue weighted by molar-refractivity contribution is 5.94. The van der Waals surface area contributed by atoms with Gasteiger partial charge in [0, 0.05) is 11.3 Å². The van der Waals surface area contributed by atoms with Gasteiger partial charge in [0.25, 0.3) is 5.91 Å². The van der Waals surface area contributed by atoms with Gasteiger partial charge in [0.1, 0.15) is 18.2 Å². The van der Waals surface area contributed by atoms with Crippen molar-refractivity contribution in [2.45, 2.75) is 19.6 Å². The van der Waals surface area contributed by atoms with Crippen LogP contribution in [0, 0.1) is 5.82 Å². The summed E-state index contributed by atoms with van der Waals surface area (Å²) in [6, 6.07) is 23.1. The topological polar surface area (TPSA) is 59.9 Å². The molecule has 0 radical (unpaired) electrons. The van der Waals surface area contributed by atoms with Crippen molar-refractivity contribution in [3.63, 3.8) is 0 Å². The SMILES string of the molecule is C[C@@H](O/N=C\c1ccccc1F)C(=O)Nc1ccc(OCc2ccccc2)cc1. The predicted octanol–water partition coefficient (Wildman–Crippen LogP) is 4.78. The molecule has 0 unspecified atom stereocenters. The van der Waals surface area contributed by atoms with Gasteiger partial charge in [0.05, 0.1) is 6.21 Å². The van der Waals surface area contributed by atoms with Gasteiger partial charge >= 0.3 is 0 Å². The first-order chi connectivity index (χ1) is 14.1. The second-order valence-corrected chi connectivity index (χ2v) is 6.29. The lowest BCUT2D eigenvalue weighted by atomic mass is 10.2. The summed E-state index contributed by atoms with van der Waals surface area (Å²) in [5.74, 6) is -0.0780. The summed E-state index contributed by atoms with van der Waals surface area (Å²) in [4.78, 5) is 17.3. The zero-order chi connectivity index (χ0) is 20.5. The average molecular weight is 392 g/mol. The molecule has 3 rings (SSSR count). The summed E-state index contributed by atoms with van der Waals surface area (Å²) >= 11 is 0. The van der Waals surface area contributed by atoms with E-state index in [4.69, 9.17) is 9.57 Å². The summed E-state index contributed by atoms with van der Waals surface area (Å²) < 4.78 is 19.2. The van der Waals surface area contributed by atoms with Crippen molar-refractivity contribution in [1.29, 1.82) is 0 Å². The zero-order valence-corrected chi connectivity index (χ0v) is 15.9. The standard InChI is InChI=1S/C23H21FN2O3/c1-17(29-25-15-19-9-5-6-10-22(19)24)23(27)26-20-11-13-21(14-12-20)28-16-18-7-3-2-4-8-18/h2-15,17H,16H2,1H3,(H,26,27)/b25-15-/t17-/m1/s1. The maximum absolute atomic E-state index is 13.5. The number of ether oxygens (including phenoxy) is 1. The Morgan fingerprint density at radius 2 is 1.72 bits per heavy atom. The molecular weight excluding hydrogens is 371 g/mol. The van der Waals surface area contributed by atoms with Gasteiger partial charge in [0.15, 0.2) is 0 Å². The predicted molar refractivity (Wildman–Crippen MR) is 110 cm³/mol. The fourth-order valence-electron chi connectivity index (χ4n) is 2.43. The number of carbonyl (C=O) groups is 1. The molecule has 5 nitrogen and oxygen atoms in total. The van der Waals surface area contributed by atoms with E-state index in [1.165, 1.54) is 12.3 Å². The van der Waals surface area contributed by atoms with E-state index in [2.05, 4.69) is 10.5 Å². The summed E-state index contributed by atoms with van der Waals surface area (Å²) in [6.07, 6.45) is 0.393. The van der Waals surface area contributed by atoms with Crippen LogP contribution in [0.25, 0.3) is 0 Å². The highest BCUT2D eigenvalue weighted by atomic mass is 19.1. The van der Waals surface area contributed by atoms with E-state index in [0.29, 0.717) is 18.0 Å². The number of halogens is 1. The average Bonchev–Trinajstić information content (AvgIpc) is 2.75. The van der Waals surface area contributed by atoms with Crippen molar-refractivity contribution in [3.05, 3.63) is 95.8 Å². The molecule has 3 aromatic carbocycles. The first-order valence-electron chi connectivity index (χ1n) is 9.13. The van der Waals surface area contributed by atoms with E-state index in [1.54, 1.807) is 49.4 Å². The molecule has 0 aliphatic rings. The number of hydrogen-bond acceptors (Lipinski definition) is 4. The second kappa shape index (κ2) is 10.0. The van der Waals surface area contributed by atoms with E-state index in [1.807, 2.05) is 30.3 Å². The Morgan fingerprint density at radius 3 is 2.45 bits per heavy atom. The number of anilines is 1. The molecule has 0 fully saturated rings. The van der Waals surface area contributed by atoms with Crippen LogP contribution in [0.2, 0.25) is 0 Å². The fraction of sp³-hybridized carbons (Fsp3) is 0.130. The molecule has 0 aliphatic heterocycles. The molecule has 3 aromatic rings. The van der Waals surface area contributed by atoms with Gasteiger partial charge in [-0.1, -0.05) is 53.7 Å². The van der Waals surface area contributed by atoms with Gasteiger partial charge < -0.3 is 14.9 Å². The molecule has 29 heavy (non-hydrogen) atoms. The number of amides is 1. The highest BCUT2D eigenvalue weighted by Crippen LogP contribution is 2.17. The number of hydrogen-bond donors (Lipinski definition) is 1. The van der Waals surface area contributed by atoms with E-state index in [9.17, 15) is 9.18 Å². The monoisotopic (exact) mass is 392 g/mol. The Labute approximate surface area is 168 Å². The Morgan fingerprint density at radius 1 is 1.03 bits per heavy atom. The van der Waals surface area contributed by atoms with Gasteiger partial charge in [-0.25, -0.2) is 4.39 Å². The van der Waals surface area contributed by atoms with Crippen LogP contribution in [0.15, 0.2) is 84.0 Å². The number of nitrogens with one attached hydrogen (secondary N) is 1. The third-order valence-corrected chi connectivity index (χ3v) is 4.06. The molecular formula is C23H21FN2O3. The van der Waals surface area contributed by atoms with Crippen LogP contribution >= 0.6 is 0 Å². The van der Waals surface area contributed by atoms with E-state index >= 15 is 0 Å². The van der Waals surface area contributed by atoms with E-state index < -0.39 is 11.9 Å². The molecule has 0 saturated heterocycles. The first kappa shape index (κ1) is 20.1. The van der Waals surface area contributed by atoms with Crippen LogP contribution in [0.3, 0.4) is 0 Å². The minimum absolute atomic E-state index is 0.284. The van der Waals surface area contributed by atoms with Crippen molar-refractivity contribution < 1.29 is 18.8 Å². The van der Waals surface area contributed by atoms with Crippen LogP contribution in [-0.2, 0) is 16.2 Å². The van der Waals surface area contributed by atoms with Gasteiger partial charge in [-0.3, -0.25) is 4.79 Å². The minimum Gasteiger partial charge on any atom is -0.489 e. The van der Waals surface area contributed by atoms with Gasteiger partial charge in [-0.15, -0.1) is 0 Å². The number of oxime groups is 1. The first-order valence-corrected chi connectivity index (χ1v) is 9.13. The molecule has 1 N–H and O–H groups in total. The van der Waals surface area contributed by atoms with Gasteiger partial charge in [-0.05, 0) is 42.8 Å². The van der Waals surface area contributed by atoms with Crippen LogP contribution in [-0.4, -0.2) is 18.2 Å². The van der Waals surface area contributed by atoms with Crippen molar-refractivity contribution in [2.24, 2.45) is 5.16 Å². The number of carbonyl (C=O) groups excluding carboxylic acids is 1. The maximum Gasteiger partial charge on any atom is 0.267 e. The van der Waals surface area contributed by atoms with Crippen LogP contribution < -0.4 is 10.1 Å². The van der Waals surface area contributed by atoms with Crippen molar-refractivity contribution in [1.82, 2.24) is 0 Å². The largest absolute Gasteiger partial charge is 0.489 e. The lowest BCUT2D eigenvalue weighted by Gasteiger charge is -2.11. The highest BCUT2D eigenvalue weighted by Gasteiger charge is 2.14. The lowest BCUT2D eigenvalue weighted by Crippen LogP contribution is -2.26. The molecule has 6 heteroatoms. The van der Waals surface area contributed by atoms with Gasteiger partial charge in [0.2, 0.25) is 6.10 Å². The Hall–Kier alpha value is -3.67. The van der Waals surface area contributed by atoms with Crippen molar-refractivity contribution in [3.8, 4) is 5.75 Å². The van der Waals surface area contributed by atoms with Crippen LogP contribution in [0.4, 0.5) is 10.1 Å². The number of rotatable bonds is 8. The molecule has 0 aliphatic carbocycles. The third kappa shape index (κ3) is 6.17. The molecule has 148 valence electrons. The maximum atomic E-state index is 13.5. The second-order valence-electron chi connectivity index (χ2n) is 6.29. The Bertz CT molecular complexity index is 959. The molecule has 1 atom stereocenters. The molecule has 0 spiro atoms. The smallest absolute Gasteiger partial charge is 0.267 e. The number of nitrogens with zero attached hydrogens (tertiary/aromatic N) is 1. The summed E-state index contributed by atoms with van der Waals surface area (Å²) in [5, 5.41) is 6.42. The van der Waals surface area contributed by atoms with E-state index in [-0.39, 0.29) is 11.5 Å².